The Balaban J connectivity index is 1.45. The summed E-state index contributed by atoms with van der Waals surface area (Å²) in [6.07, 6.45) is 3.87. The number of carbonyl (C=O) groups is 2. The van der Waals surface area contributed by atoms with Gasteiger partial charge in [-0.05, 0) is 42.8 Å². The van der Waals surface area contributed by atoms with Crippen LogP contribution in [-0.2, 0) is 6.54 Å². The molecule has 192 valence electrons. The van der Waals surface area contributed by atoms with Gasteiger partial charge in [0.05, 0.1) is 36.0 Å². The minimum absolute atomic E-state index is 0.0373. The van der Waals surface area contributed by atoms with Crippen LogP contribution in [0.4, 0.5) is 20.3 Å². The van der Waals surface area contributed by atoms with Gasteiger partial charge < -0.3 is 25.0 Å². The number of hydrogen-bond donors (Lipinski definition) is 2. The molecule has 0 radical (unpaired) electrons. The fraction of sp³-hybridized carbons (Fsp3) is 0.280. The average molecular weight is 530 g/mol. The molecule has 2 amide bonds. The predicted molar refractivity (Wildman–Crippen MR) is 132 cm³/mol. The second kappa shape index (κ2) is 9.56. The summed E-state index contributed by atoms with van der Waals surface area (Å²) in [5.41, 5.74) is -0.882. The van der Waals surface area contributed by atoms with Crippen molar-refractivity contribution < 1.29 is 28.2 Å². The lowest BCUT2D eigenvalue weighted by molar-refractivity contribution is -0.0964. The van der Waals surface area contributed by atoms with Gasteiger partial charge in [0.15, 0.2) is 0 Å². The zero-order valence-corrected chi connectivity index (χ0v) is 20.4. The number of ether oxygens (including phenoxy) is 1. The van der Waals surface area contributed by atoms with E-state index in [0.29, 0.717) is 47.0 Å². The summed E-state index contributed by atoms with van der Waals surface area (Å²) >= 11 is 4.78. The summed E-state index contributed by atoms with van der Waals surface area (Å²) in [6, 6.07) is 8.61. The molecule has 1 aromatic carbocycles. The van der Waals surface area contributed by atoms with Gasteiger partial charge in [-0.15, -0.1) is 8.78 Å². The second-order valence-electron chi connectivity index (χ2n) is 8.82. The van der Waals surface area contributed by atoms with Gasteiger partial charge in [0, 0.05) is 54.4 Å². The van der Waals surface area contributed by atoms with Crippen molar-refractivity contribution in [1.29, 1.82) is 0 Å². The lowest BCUT2D eigenvalue weighted by Gasteiger charge is -2.41. The maximum atomic E-state index is 13.0. The van der Waals surface area contributed by atoms with Crippen molar-refractivity contribution in [3.8, 4) is 16.9 Å². The van der Waals surface area contributed by atoms with E-state index in [2.05, 4.69) is 20.0 Å². The van der Waals surface area contributed by atoms with Crippen LogP contribution in [0.3, 0.4) is 0 Å². The van der Waals surface area contributed by atoms with Crippen molar-refractivity contribution in [2.75, 3.05) is 30.4 Å². The molecule has 3 aromatic rings. The van der Waals surface area contributed by atoms with Crippen LogP contribution < -0.4 is 15.0 Å². The van der Waals surface area contributed by atoms with Crippen LogP contribution in [0.15, 0.2) is 48.8 Å². The highest BCUT2D eigenvalue weighted by atomic mass is 35.5. The Kier molecular flexibility index (Phi) is 6.42. The summed E-state index contributed by atoms with van der Waals surface area (Å²) in [4.78, 5) is 38.1. The summed E-state index contributed by atoms with van der Waals surface area (Å²) < 4.78 is 29.9. The smallest absolute Gasteiger partial charge is 0.420 e. The second-order valence-corrected chi connectivity index (χ2v) is 9.26. The quantitative estimate of drug-likeness (QED) is 0.449. The molecule has 12 heteroatoms. The van der Waals surface area contributed by atoms with Gasteiger partial charge in [-0.1, -0.05) is 0 Å². The molecule has 1 atom stereocenters. The zero-order chi connectivity index (χ0) is 26.3. The van der Waals surface area contributed by atoms with Crippen molar-refractivity contribution in [3.63, 3.8) is 0 Å². The van der Waals surface area contributed by atoms with E-state index < -0.39 is 11.5 Å². The third-order valence-corrected chi connectivity index (χ3v) is 6.42. The van der Waals surface area contributed by atoms with E-state index in [0.717, 1.165) is 6.42 Å². The number of carbonyl (C=O) groups excluding carboxylic acids is 2. The number of nitrogens with one attached hydrogen (secondary N) is 1. The molecule has 0 bridgehead atoms. The Morgan fingerprint density at radius 1 is 1.22 bits per heavy atom. The summed E-state index contributed by atoms with van der Waals surface area (Å²) in [5, 5.41) is 12.4. The highest BCUT2D eigenvalue weighted by Gasteiger charge is 2.32. The molecule has 2 N–H and O–H groups in total. The lowest BCUT2D eigenvalue weighted by Crippen LogP contribution is -2.50. The van der Waals surface area contributed by atoms with E-state index >= 15 is 0 Å². The number of aromatic nitrogens is 2. The van der Waals surface area contributed by atoms with Gasteiger partial charge in [0.25, 0.3) is 11.8 Å². The fourth-order valence-electron chi connectivity index (χ4n) is 4.33. The minimum atomic E-state index is -3.84. The van der Waals surface area contributed by atoms with Crippen molar-refractivity contribution in [3.05, 3.63) is 65.6 Å². The number of aliphatic hydroxyl groups excluding tert-OH is 1. The number of fused-ring (bicyclic) bond motifs is 1. The molecule has 1 saturated heterocycles. The first-order valence-corrected chi connectivity index (χ1v) is 11.8. The van der Waals surface area contributed by atoms with Crippen LogP contribution in [0.1, 0.15) is 32.8 Å². The molecule has 0 aliphatic carbocycles. The standard InChI is InChI=1S/C25H22ClF2N5O4/c1-32-12-21-20(24(32)36)8-14(10-29-21)19-9-15(11-30-22(19)33-7-6-17(33)13-34)23(35)31-16-2-4-18(5-3-16)37-25(26,27)28/h2-5,8-11,17,34H,6-7,12-13H2,1H3,(H,31,35)/t17-/m0/s1. The Morgan fingerprint density at radius 2 is 1.97 bits per heavy atom. The lowest BCUT2D eigenvalue weighted by atomic mass is 9.98. The molecule has 1 fully saturated rings. The molecule has 9 nitrogen and oxygen atoms in total. The third kappa shape index (κ3) is 5.05. The third-order valence-electron chi connectivity index (χ3n) is 6.35. The average Bonchev–Trinajstić information content (AvgIpc) is 3.12. The number of nitrogens with zero attached hydrogens (tertiary/aromatic N) is 4. The molecule has 4 heterocycles. The van der Waals surface area contributed by atoms with Crippen LogP contribution in [0.2, 0.25) is 0 Å². The number of alkyl halides is 3. The van der Waals surface area contributed by atoms with Crippen LogP contribution in [0.5, 0.6) is 5.75 Å². The number of hydrogen-bond acceptors (Lipinski definition) is 7. The Hall–Kier alpha value is -3.83. The van der Waals surface area contributed by atoms with E-state index in [9.17, 15) is 23.5 Å². The normalized spacial score (nSPS) is 16.9. The van der Waals surface area contributed by atoms with Crippen LogP contribution >= 0.6 is 11.6 Å². The van der Waals surface area contributed by atoms with Crippen LogP contribution in [0, 0.1) is 0 Å². The van der Waals surface area contributed by atoms with Gasteiger partial charge in [-0.3, -0.25) is 14.6 Å². The fourth-order valence-corrected chi connectivity index (χ4v) is 4.42. The van der Waals surface area contributed by atoms with Crippen molar-refractivity contribution in [2.24, 2.45) is 0 Å². The molecule has 37 heavy (non-hydrogen) atoms. The molecule has 5 rings (SSSR count). The molecule has 0 saturated carbocycles. The number of rotatable bonds is 7. The highest BCUT2D eigenvalue weighted by Crippen LogP contribution is 2.36. The Morgan fingerprint density at radius 3 is 2.62 bits per heavy atom. The number of anilines is 2. The highest BCUT2D eigenvalue weighted by molar-refractivity contribution is 6.20. The Bertz CT molecular complexity index is 1360. The zero-order valence-electron chi connectivity index (χ0n) is 19.6. The topological polar surface area (TPSA) is 108 Å². The number of benzene rings is 1. The summed E-state index contributed by atoms with van der Waals surface area (Å²) in [5.74, 6) is -0.206. The van der Waals surface area contributed by atoms with Gasteiger partial charge in [-0.25, -0.2) is 4.98 Å². The predicted octanol–water partition coefficient (Wildman–Crippen LogP) is 3.72. The van der Waals surface area contributed by atoms with Gasteiger partial charge >= 0.3 is 5.57 Å². The largest absolute Gasteiger partial charge is 0.487 e. The molecule has 2 aromatic heterocycles. The van der Waals surface area contributed by atoms with E-state index in [1.807, 2.05) is 4.90 Å². The molecule has 0 spiro atoms. The Labute approximate surface area is 215 Å². The minimum Gasteiger partial charge on any atom is -0.420 e. The van der Waals surface area contributed by atoms with Crippen LogP contribution in [0.25, 0.3) is 11.1 Å². The molecular formula is C25H22ClF2N5O4. The van der Waals surface area contributed by atoms with Crippen molar-refractivity contribution in [1.82, 2.24) is 14.9 Å². The molecular weight excluding hydrogens is 508 g/mol. The molecule has 2 aliphatic heterocycles. The molecule has 2 aliphatic rings. The van der Waals surface area contributed by atoms with Gasteiger partial charge in [0.2, 0.25) is 0 Å². The van der Waals surface area contributed by atoms with E-state index in [4.69, 9.17) is 11.6 Å². The monoisotopic (exact) mass is 529 g/mol. The number of halogens is 3. The van der Waals surface area contributed by atoms with Gasteiger partial charge in [0.1, 0.15) is 11.6 Å². The maximum absolute atomic E-state index is 13.0. The summed E-state index contributed by atoms with van der Waals surface area (Å²) in [7, 11) is 1.70. The SMILES string of the molecule is CN1Cc2ncc(-c3cc(C(=O)Nc4ccc(OC(F)(F)Cl)cc4)cnc3N3CC[C@H]3CO)cc2C1=O. The first-order chi connectivity index (χ1) is 17.6. The van der Waals surface area contributed by atoms with Crippen molar-refractivity contribution >= 4 is 34.9 Å². The first kappa shape index (κ1) is 24.8. The van der Waals surface area contributed by atoms with E-state index in [-0.39, 0.29) is 29.9 Å². The maximum Gasteiger partial charge on any atom is 0.487 e. The van der Waals surface area contributed by atoms with Crippen molar-refractivity contribution in [2.45, 2.75) is 24.6 Å². The number of aliphatic hydroxyl groups is 1. The first-order valence-electron chi connectivity index (χ1n) is 11.4. The van der Waals surface area contributed by atoms with Gasteiger partial charge in [-0.2, -0.15) is 0 Å². The summed E-state index contributed by atoms with van der Waals surface area (Å²) in [6.45, 7) is 1.07. The number of pyridine rings is 2. The van der Waals surface area contributed by atoms with E-state index in [1.165, 1.54) is 30.5 Å². The molecule has 0 unspecified atom stereocenters. The van der Waals surface area contributed by atoms with E-state index in [1.54, 1.807) is 30.3 Å². The van der Waals surface area contributed by atoms with Crippen LogP contribution in [-0.4, -0.2) is 63.6 Å². The number of amides is 2.